The molecular weight excluding hydrogens is 198 g/mol. The van der Waals surface area contributed by atoms with Crippen LogP contribution < -0.4 is 10.6 Å². The maximum absolute atomic E-state index is 6.03. The van der Waals surface area contributed by atoms with E-state index in [1.807, 2.05) is 19.1 Å². The number of pyridine rings is 1. The molecule has 3 heteroatoms. The van der Waals surface area contributed by atoms with E-state index < -0.39 is 0 Å². The molecule has 1 aromatic rings. The molecule has 0 aromatic carbocycles. The minimum absolute atomic E-state index is 0.640. The Balaban J connectivity index is 2.28. The van der Waals surface area contributed by atoms with E-state index >= 15 is 0 Å². The Bertz CT molecular complexity index is 356. The van der Waals surface area contributed by atoms with Crippen molar-refractivity contribution in [2.75, 3.05) is 17.2 Å². The summed E-state index contributed by atoms with van der Waals surface area (Å²) >= 11 is 0. The van der Waals surface area contributed by atoms with Crippen molar-refractivity contribution in [1.29, 1.82) is 0 Å². The minimum atomic E-state index is 0.640. The zero-order chi connectivity index (χ0) is 11.5. The SMILES string of the molecule is CCN(c1nc(C)ccc1N)C1CCCC1. The Morgan fingerprint density at radius 1 is 1.38 bits per heavy atom. The fraction of sp³-hybridized carbons (Fsp3) is 0.615. The predicted molar refractivity (Wildman–Crippen MR) is 68.7 cm³/mol. The van der Waals surface area contributed by atoms with Crippen molar-refractivity contribution in [1.82, 2.24) is 4.98 Å². The molecule has 1 saturated carbocycles. The molecule has 2 rings (SSSR count). The number of nitrogens with zero attached hydrogens (tertiary/aromatic N) is 2. The third-order valence-corrected chi connectivity index (χ3v) is 3.42. The molecule has 0 spiro atoms. The summed E-state index contributed by atoms with van der Waals surface area (Å²) in [6, 6.07) is 4.58. The van der Waals surface area contributed by atoms with Crippen molar-refractivity contribution in [3.05, 3.63) is 17.8 Å². The lowest BCUT2D eigenvalue weighted by Gasteiger charge is -2.29. The van der Waals surface area contributed by atoms with Crippen molar-refractivity contribution >= 4 is 11.5 Å². The van der Waals surface area contributed by atoms with Gasteiger partial charge < -0.3 is 10.6 Å². The fourth-order valence-electron chi connectivity index (χ4n) is 2.58. The minimum Gasteiger partial charge on any atom is -0.396 e. The van der Waals surface area contributed by atoms with Gasteiger partial charge in [0.15, 0.2) is 5.82 Å². The summed E-state index contributed by atoms with van der Waals surface area (Å²) < 4.78 is 0. The molecule has 1 heterocycles. The van der Waals surface area contributed by atoms with E-state index in [0.29, 0.717) is 6.04 Å². The van der Waals surface area contributed by atoms with Crippen LogP contribution in [-0.2, 0) is 0 Å². The molecule has 0 saturated heterocycles. The number of nitrogen functional groups attached to an aromatic ring is 1. The number of anilines is 2. The second-order valence-electron chi connectivity index (χ2n) is 4.59. The average Bonchev–Trinajstić information content (AvgIpc) is 2.78. The number of hydrogen-bond acceptors (Lipinski definition) is 3. The molecule has 88 valence electrons. The molecule has 3 nitrogen and oxygen atoms in total. The number of nitrogens with two attached hydrogens (primary N) is 1. The second-order valence-corrected chi connectivity index (χ2v) is 4.59. The highest BCUT2D eigenvalue weighted by molar-refractivity contribution is 5.63. The van der Waals surface area contributed by atoms with Gasteiger partial charge in [0, 0.05) is 18.3 Å². The summed E-state index contributed by atoms with van der Waals surface area (Å²) in [6.07, 6.45) is 5.24. The predicted octanol–water partition coefficient (Wildman–Crippen LogP) is 2.74. The van der Waals surface area contributed by atoms with E-state index in [2.05, 4.69) is 16.8 Å². The first-order chi connectivity index (χ1) is 7.72. The molecule has 0 aliphatic heterocycles. The molecule has 1 aliphatic carbocycles. The smallest absolute Gasteiger partial charge is 0.152 e. The quantitative estimate of drug-likeness (QED) is 0.850. The molecule has 1 fully saturated rings. The van der Waals surface area contributed by atoms with Gasteiger partial charge in [0.2, 0.25) is 0 Å². The van der Waals surface area contributed by atoms with Crippen LogP contribution in [0.25, 0.3) is 0 Å². The van der Waals surface area contributed by atoms with Crippen LogP contribution in [0.1, 0.15) is 38.3 Å². The molecule has 1 aromatic heterocycles. The van der Waals surface area contributed by atoms with Gasteiger partial charge in [0.05, 0.1) is 5.69 Å². The van der Waals surface area contributed by atoms with Gasteiger partial charge in [-0.05, 0) is 38.8 Å². The maximum Gasteiger partial charge on any atom is 0.152 e. The zero-order valence-corrected chi connectivity index (χ0v) is 10.2. The highest BCUT2D eigenvalue weighted by Gasteiger charge is 2.23. The third-order valence-electron chi connectivity index (χ3n) is 3.42. The summed E-state index contributed by atoms with van der Waals surface area (Å²) in [7, 11) is 0. The maximum atomic E-state index is 6.03. The number of rotatable bonds is 3. The van der Waals surface area contributed by atoms with Gasteiger partial charge in [0.1, 0.15) is 0 Å². The monoisotopic (exact) mass is 219 g/mol. The molecule has 0 atom stereocenters. The highest BCUT2D eigenvalue weighted by atomic mass is 15.2. The van der Waals surface area contributed by atoms with Crippen molar-refractivity contribution in [2.24, 2.45) is 0 Å². The summed E-state index contributed by atoms with van der Waals surface area (Å²) in [4.78, 5) is 6.96. The van der Waals surface area contributed by atoms with Crippen molar-refractivity contribution in [2.45, 2.75) is 45.6 Å². The van der Waals surface area contributed by atoms with Crippen molar-refractivity contribution in [3.8, 4) is 0 Å². The molecule has 2 N–H and O–H groups in total. The lowest BCUT2D eigenvalue weighted by atomic mass is 10.2. The van der Waals surface area contributed by atoms with Gasteiger partial charge in [-0.2, -0.15) is 0 Å². The van der Waals surface area contributed by atoms with Gasteiger partial charge >= 0.3 is 0 Å². The van der Waals surface area contributed by atoms with E-state index in [4.69, 9.17) is 5.73 Å². The first kappa shape index (κ1) is 11.2. The topological polar surface area (TPSA) is 42.2 Å². The Kier molecular flexibility index (Phi) is 3.32. The summed E-state index contributed by atoms with van der Waals surface area (Å²) in [5, 5.41) is 0. The lowest BCUT2D eigenvalue weighted by Crippen LogP contribution is -2.34. The van der Waals surface area contributed by atoms with Crippen LogP contribution in [0.4, 0.5) is 11.5 Å². The van der Waals surface area contributed by atoms with Crippen LogP contribution in [0, 0.1) is 6.92 Å². The van der Waals surface area contributed by atoms with Crippen LogP contribution in [-0.4, -0.2) is 17.6 Å². The van der Waals surface area contributed by atoms with Crippen molar-refractivity contribution in [3.63, 3.8) is 0 Å². The van der Waals surface area contributed by atoms with Gasteiger partial charge in [-0.1, -0.05) is 12.8 Å². The van der Waals surface area contributed by atoms with Gasteiger partial charge in [0.25, 0.3) is 0 Å². The molecular formula is C13H21N3. The van der Waals surface area contributed by atoms with Crippen molar-refractivity contribution < 1.29 is 0 Å². The summed E-state index contributed by atoms with van der Waals surface area (Å²) in [5.41, 5.74) is 7.88. The van der Waals surface area contributed by atoms with Crippen LogP contribution in [0.2, 0.25) is 0 Å². The van der Waals surface area contributed by atoms with Crippen LogP contribution >= 0.6 is 0 Å². The zero-order valence-electron chi connectivity index (χ0n) is 10.2. The Morgan fingerprint density at radius 2 is 2.06 bits per heavy atom. The van der Waals surface area contributed by atoms with E-state index in [1.165, 1.54) is 25.7 Å². The molecule has 0 unspecified atom stereocenters. The Morgan fingerprint density at radius 3 is 2.69 bits per heavy atom. The first-order valence-electron chi connectivity index (χ1n) is 6.22. The molecule has 0 amide bonds. The average molecular weight is 219 g/mol. The number of aryl methyl sites for hydroxylation is 1. The molecule has 1 aliphatic rings. The lowest BCUT2D eigenvalue weighted by molar-refractivity contribution is 0.613. The van der Waals surface area contributed by atoms with E-state index in [0.717, 1.165) is 23.7 Å². The standard InChI is InChI=1S/C13H21N3/c1-3-16(11-6-4-5-7-11)13-12(14)9-8-10(2)15-13/h8-9,11H,3-7,14H2,1-2H3. The highest BCUT2D eigenvalue weighted by Crippen LogP contribution is 2.30. The van der Waals surface area contributed by atoms with Gasteiger partial charge in [-0.15, -0.1) is 0 Å². The molecule has 16 heavy (non-hydrogen) atoms. The summed E-state index contributed by atoms with van der Waals surface area (Å²) in [6.45, 7) is 5.19. The number of aromatic nitrogens is 1. The first-order valence-corrected chi connectivity index (χ1v) is 6.22. The van der Waals surface area contributed by atoms with Crippen LogP contribution in [0.3, 0.4) is 0 Å². The van der Waals surface area contributed by atoms with Gasteiger partial charge in [-0.3, -0.25) is 0 Å². The summed E-state index contributed by atoms with van der Waals surface area (Å²) in [5.74, 6) is 0.981. The van der Waals surface area contributed by atoms with Crippen LogP contribution in [0.15, 0.2) is 12.1 Å². The molecule has 0 radical (unpaired) electrons. The molecule has 0 bridgehead atoms. The third kappa shape index (κ3) is 2.13. The number of hydrogen-bond donors (Lipinski definition) is 1. The Labute approximate surface area is 97.7 Å². The normalized spacial score (nSPS) is 16.6. The largest absolute Gasteiger partial charge is 0.396 e. The van der Waals surface area contributed by atoms with Gasteiger partial charge in [-0.25, -0.2) is 4.98 Å². The van der Waals surface area contributed by atoms with Crippen LogP contribution in [0.5, 0.6) is 0 Å². The van der Waals surface area contributed by atoms with E-state index in [1.54, 1.807) is 0 Å². The van der Waals surface area contributed by atoms with E-state index in [9.17, 15) is 0 Å². The second kappa shape index (κ2) is 4.73. The fourth-order valence-corrected chi connectivity index (χ4v) is 2.58. The Hall–Kier alpha value is -1.25. The van der Waals surface area contributed by atoms with E-state index in [-0.39, 0.29) is 0 Å².